The quantitative estimate of drug-likeness (QED) is 0.658. The Morgan fingerprint density at radius 1 is 1.55 bits per heavy atom. The third-order valence-corrected chi connectivity index (χ3v) is 2.29. The molecule has 0 unspecified atom stereocenters. The minimum Gasteiger partial charge on any atom is -0.356 e. The van der Waals surface area contributed by atoms with Crippen LogP contribution in [0.3, 0.4) is 0 Å². The molecule has 1 aliphatic carbocycles. The smallest absolute Gasteiger partial charge is 0.223 e. The molecule has 1 saturated carbocycles. The number of carbonyl (C=O) groups is 1. The van der Waals surface area contributed by atoms with E-state index in [0.717, 1.165) is 31.7 Å². The zero-order chi connectivity index (χ0) is 8.27. The highest BCUT2D eigenvalue weighted by Crippen LogP contribution is 2.32. The average molecular weight is 155 g/mol. The lowest BCUT2D eigenvalue weighted by Crippen LogP contribution is -2.38. The molecule has 2 nitrogen and oxygen atoms in total. The Bertz CT molecular complexity index is 138. The summed E-state index contributed by atoms with van der Waals surface area (Å²) in [5, 5.41) is 2.92. The van der Waals surface area contributed by atoms with Gasteiger partial charge in [-0.3, -0.25) is 4.79 Å². The molecule has 1 fully saturated rings. The molecule has 0 aromatic heterocycles. The minimum absolute atomic E-state index is 0.268. The van der Waals surface area contributed by atoms with Crippen molar-refractivity contribution in [2.45, 2.75) is 33.1 Å². The Morgan fingerprint density at radius 2 is 2.18 bits per heavy atom. The molecule has 2 heteroatoms. The van der Waals surface area contributed by atoms with Gasteiger partial charge in [-0.05, 0) is 25.2 Å². The predicted molar refractivity (Wildman–Crippen MR) is 45.2 cm³/mol. The highest BCUT2D eigenvalue weighted by atomic mass is 16.1. The number of rotatable bonds is 3. The Kier molecular flexibility index (Phi) is 2.92. The van der Waals surface area contributed by atoms with E-state index >= 15 is 0 Å². The van der Waals surface area contributed by atoms with Gasteiger partial charge >= 0.3 is 0 Å². The second kappa shape index (κ2) is 3.74. The van der Waals surface area contributed by atoms with Gasteiger partial charge < -0.3 is 5.32 Å². The van der Waals surface area contributed by atoms with Crippen LogP contribution in [0.5, 0.6) is 0 Å². The van der Waals surface area contributed by atoms with Gasteiger partial charge in [0.15, 0.2) is 0 Å². The molecule has 64 valence electrons. The van der Waals surface area contributed by atoms with Crippen LogP contribution < -0.4 is 5.32 Å². The van der Waals surface area contributed by atoms with Gasteiger partial charge in [0.25, 0.3) is 0 Å². The van der Waals surface area contributed by atoms with Gasteiger partial charge in [-0.15, -0.1) is 0 Å². The van der Waals surface area contributed by atoms with Crippen molar-refractivity contribution in [2.24, 2.45) is 11.8 Å². The van der Waals surface area contributed by atoms with Crippen molar-refractivity contribution in [3.05, 3.63) is 0 Å². The standard InChI is InChI=1S/C9H17NO/c1-3-4-10-9(11)8-5-7(2)6-8/h7-8H,3-6H2,1-2H3,(H,10,11). The zero-order valence-corrected chi connectivity index (χ0v) is 7.39. The van der Waals surface area contributed by atoms with E-state index in [1.54, 1.807) is 0 Å². The molecule has 0 bridgehead atoms. The van der Waals surface area contributed by atoms with Gasteiger partial charge in [0.1, 0.15) is 0 Å². The summed E-state index contributed by atoms with van der Waals surface area (Å²) in [6.07, 6.45) is 3.22. The summed E-state index contributed by atoms with van der Waals surface area (Å²) in [5.41, 5.74) is 0. The molecule has 0 spiro atoms. The number of hydrogen-bond donors (Lipinski definition) is 1. The molecule has 0 radical (unpaired) electrons. The minimum atomic E-state index is 0.268. The maximum atomic E-state index is 11.2. The average Bonchev–Trinajstić information content (AvgIpc) is 1.94. The second-order valence-electron chi connectivity index (χ2n) is 3.56. The largest absolute Gasteiger partial charge is 0.356 e. The maximum Gasteiger partial charge on any atom is 0.223 e. The molecule has 0 heterocycles. The SMILES string of the molecule is CCCNC(=O)C1CC(C)C1. The van der Waals surface area contributed by atoms with Gasteiger partial charge in [-0.25, -0.2) is 0 Å². The molecule has 1 N–H and O–H groups in total. The fourth-order valence-electron chi connectivity index (χ4n) is 1.51. The van der Waals surface area contributed by atoms with Crippen LogP contribution >= 0.6 is 0 Å². The number of hydrogen-bond acceptors (Lipinski definition) is 1. The van der Waals surface area contributed by atoms with E-state index in [1.165, 1.54) is 0 Å². The maximum absolute atomic E-state index is 11.2. The van der Waals surface area contributed by atoms with Crippen LogP contribution in [-0.2, 0) is 4.79 Å². The lowest BCUT2D eigenvalue weighted by molar-refractivity contribution is -0.128. The van der Waals surface area contributed by atoms with E-state index in [0.29, 0.717) is 5.92 Å². The lowest BCUT2D eigenvalue weighted by Gasteiger charge is -2.31. The first kappa shape index (κ1) is 8.57. The van der Waals surface area contributed by atoms with Crippen molar-refractivity contribution >= 4 is 5.91 Å². The lowest BCUT2D eigenvalue weighted by atomic mass is 9.76. The zero-order valence-electron chi connectivity index (χ0n) is 7.39. The van der Waals surface area contributed by atoms with Gasteiger partial charge in [0.05, 0.1) is 0 Å². The van der Waals surface area contributed by atoms with Crippen LogP contribution in [0, 0.1) is 11.8 Å². The highest BCUT2D eigenvalue weighted by molar-refractivity contribution is 5.79. The van der Waals surface area contributed by atoms with E-state index < -0.39 is 0 Å². The Morgan fingerprint density at radius 3 is 2.64 bits per heavy atom. The molecule has 0 aromatic carbocycles. The van der Waals surface area contributed by atoms with Crippen LogP contribution in [0.2, 0.25) is 0 Å². The topological polar surface area (TPSA) is 29.1 Å². The Balaban J connectivity index is 2.11. The van der Waals surface area contributed by atoms with Crippen LogP contribution in [0.4, 0.5) is 0 Å². The summed E-state index contributed by atoms with van der Waals surface area (Å²) in [4.78, 5) is 11.2. The Hall–Kier alpha value is -0.530. The summed E-state index contributed by atoms with van der Waals surface area (Å²) in [6.45, 7) is 5.11. The molecule has 0 atom stereocenters. The summed E-state index contributed by atoms with van der Waals surface area (Å²) in [6, 6.07) is 0. The molecule has 11 heavy (non-hydrogen) atoms. The van der Waals surface area contributed by atoms with Crippen LogP contribution in [0.1, 0.15) is 33.1 Å². The Labute approximate surface area is 68.4 Å². The van der Waals surface area contributed by atoms with Crippen molar-refractivity contribution < 1.29 is 4.79 Å². The van der Waals surface area contributed by atoms with Crippen LogP contribution in [-0.4, -0.2) is 12.5 Å². The van der Waals surface area contributed by atoms with E-state index in [1.807, 2.05) is 0 Å². The fourth-order valence-corrected chi connectivity index (χ4v) is 1.51. The molecular weight excluding hydrogens is 138 g/mol. The van der Waals surface area contributed by atoms with Crippen LogP contribution in [0.15, 0.2) is 0 Å². The third kappa shape index (κ3) is 2.21. The van der Waals surface area contributed by atoms with Crippen molar-refractivity contribution in [3.8, 4) is 0 Å². The number of amides is 1. The monoisotopic (exact) mass is 155 g/mol. The predicted octanol–water partition coefficient (Wildman–Crippen LogP) is 1.56. The van der Waals surface area contributed by atoms with Crippen LogP contribution in [0.25, 0.3) is 0 Å². The van der Waals surface area contributed by atoms with Crippen molar-refractivity contribution in [2.75, 3.05) is 6.54 Å². The fraction of sp³-hybridized carbons (Fsp3) is 0.889. The first-order valence-corrected chi connectivity index (χ1v) is 4.51. The first-order valence-electron chi connectivity index (χ1n) is 4.51. The van der Waals surface area contributed by atoms with E-state index in [-0.39, 0.29) is 5.91 Å². The summed E-state index contributed by atoms with van der Waals surface area (Å²) >= 11 is 0. The molecule has 1 rings (SSSR count). The van der Waals surface area contributed by atoms with E-state index in [4.69, 9.17) is 0 Å². The molecule has 1 amide bonds. The van der Waals surface area contributed by atoms with Gasteiger partial charge in [0, 0.05) is 12.5 Å². The highest BCUT2D eigenvalue weighted by Gasteiger charge is 2.30. The third-order valence-electron chi connectivity index (χ3n) is 2.29. The van der Waals surface area contributed by atoms with Gasteiger partial charge in [-0.1, -0.05) is 13.8 Å². The first-order chi connectivity index (χ1) is 5.24. The van der Waals surface area contributed by atoms with Gasteiger partial charge in [0.2, 0.25) is 5.91 Å². The molecule has 1 aliphatic rings. The van der Waals surface area contributed by atoms with Crippen molar-refractivity contribution in [3.63, 3.8) is 0 Å². The van der Waals surface area contributed by atoms with E-state index in [2.05, 4.69) is 19.2 Å². The van der Waals surface area contributed by atoms with Gasteiger partial charge in [-0.2, -0.15) is 0 Å². The summed E-state index contributed by atoms with van der Waals surface area (Å²) in [5.74, 6) is 1.37. The van der Waals surface area contributed by atoms with E-state index in [9.17, 15) is 4.79 Å². The summed E-state index contributed by atoms with van der Waals surface area (Å²) in [7, 11) is 0. The number of carbonyl (C=O) groups excluding carboxylic acids is 1. The summed E-state index contributed by atoms with van der Waals surface area (Å²) < 4.78 is 0. The number of nitrogens with one attached hydrogen (secondary N) is 1. The molecule has 0 aromatic rings. The van der Waals surface area contributed by atoms with Crippen molar-refractivity contribution in [1.29, 1.82) is 0 Å². The second-order valence-corrected chi connectivity index (χ2v) is 3.56. The molecule has 0 saturated heterocycles. The molecule has 0 aliphatic heterocycles. The molecular formula is C9H17NO. The normalized spacial score (nSPS) is 29.3. The van der Waals surface area contributed by atoms with Crippen molar-refractivity contribution in [1.82, 2.24) is 5.32 Å².